The van der Waals surface area contributed by atoms with Gasteiger partial charge in [0.25, 0.3) is 5.91 Å². The number of hydrogen-bond donors (Lipinski definition) is 2. The summed E-state index contributed by atoms with van der Waals surface area (Å²) in [6.07, 6.45) is 2.84. The lowest BCUT2D eigenvalue weighted by Gasteiger charge is -2.07. The van der Waals surface area contributed by atoms with Crippen LogP contribution in [0.2, 0.25) is 5.02 Å². The number of nitrogens with one attached hydrogen (secondary N) is 1. The van der Waals surface area contributed by atoms with E-state index >= 15 is 0 Å². The molecular formula is C12H9ClFN3O. The Labute approximate surface area is 108 Å². The molecule has 2 aromatic rings. The molecule has 0 aliphatic heterocycles. The predicted molar refractivity (Wildman–Crippen MR) is 68.0 cm³/mol. The molecule has 18 heavy (non-hydrogen) atoms. The van der Waals surface area contributed by atoms with E-state index in [1.165, 1.54) is 36.7 Å². The summed E-state index contributed by atoms with van der Waals surface area (Å²) in [5, 5.41) is 2.49. The molecule has 3 N–H and O–H groups in total. The van der Waals surface area contributed by atoms with Gasteiger partial charge in [0.15, 0.2) is 0 Å². The maximum Gasteiger partial charge on any atom is 0.259 e. The van der Waals surface area contributed by atoms with Crippen molar-refractivity contribution in [3.8, 4) is 0 Å². The lowest BCUT2D eigenvalue weighted by molar-refractivity contribution is 0.102. The average Bonchev–Trinajstić information content (AvgIpc) is 2.34. The highest BCUT2D eigenvalue weighted by molar-refractivity contribution is 6.31. The third kappa shape index (κ3) is 2.57. The second-order valence-electron chi connectivity index (χ2n) is 3.55. The molecule has 0 radical (unpaired) electrons. The average molecular weight is 266 g/mol. The first kappa shape index (κ1) is 12.3. The van der Waals surface area contributed by atoms with E-state index < -0.39 is 11.7 Å². The van der Waals surface area contributed by atoms with Gasteiger partial charge >= 0.3 is 0 Å². The Kier molecular flexibility index (Phi) is 3.43. The van der Waals surface area contributed by atoms with Gasteiger partial charge in [0.2, 0.25) is 0 Å². The zero-order valence-electron chi connectivity index (χ0n) is 9.15. The van der Waals surface area contributed by atoms with E-state index in [1.807, 2.05) is 0 Å². The first-order valence-corrected chi connectivity index (χ1v) is 5.41. The number of amides is 1. The molecule has 1 aromatic carbocycles. The molecule has 0 unspecified atom stereocenters. The summed E-state index contributed by atoms with van der Waals surface area (Å²) in [6.45, 7) is 0. The van der Waals surface area contributed by atoms with Crippen LogP contribution in [0.3, 0.4) is 0 Å². The van der Waals surface area contributed by atoms with Crippen LogP contribution in [-0.4, -0.2) is 10.9 Å². The lowest BCUT2D eigenvalue weighted by Crippen LogP contribution is -2.14. The van der Waals surface area contributed by atoms with Crippen molar-refractivity contribution in [3.63, 3.8) is 0 Å². The van der Waals surface area contributed by atoms with Crippen LogP contribution in [0.1, 0.15) is 10.4 Å². The summed E-state index contributed by atoms with van der Waals surface area (Å²) in [5.74, 6) is -0.973. The summed E-state index contributed by atoms with van der Waals surface area (Å²) < 4.78 is 12.9. The van der Waals surface area contributed by atoms with E-state index in [0.29, 0.717) is 11.4 Å². The molecule has 0 bridgehead atoms. The molecule has 0 spiro atoms. The number of benzene rings is 1. The van der Waals surface area contributed by atoms with Gasteiger partial charge in [-0.1, -0.05) is 11.6 Å². The van der Waals surface area contributed by atoms with Gasteiger partial charge in [-0.05, 0) is 24.3 Å². The molecule has 1 heterocycles. The highest BCUT2D eigenvalue weighted by atomic mass is 35.5. The fourth-order valence-corrected chi connectivity index (χ4v) is 1.55. The largest absolute Gasteiger partial charge is 0.398 e. The quantitative estimate of drug-likeness (QED) is 0.877. The normalized spacial score (nSPS) is 10.1. The molecular weight excluding hydrogens is 257 g/mol. The van der Waals surface area contributed by atoms with Crippen molar-refractivity contribution in [2.24, 2.45) is 0 Å². The number of carbonyl (C=O) groups is 1. The Morgan fingerprint density at radius 1 is 1.39 bits per heavy atom. The number of pyridine rings is 1. The minimum atomic E-state index is -0.546. The van der Waals surface area contributed by atoms with Crippen LogP contribution in [0, 0.1) is 5.82 Å². The van der Waals surface area contributed by atoms with Crippen molar-refractivity contribution in [3.05, 3.63) is 53.1 Å². The third-order valence-corrected chi connectivity index (χ3v) is 2.57. The summed E-state index contributed by atoms with van der Waals surface area (Å²) in [5.41, 5.74) is 6.59. The second kappa shape index (κ2) is 5.01. The third-order valence-electron chi connectivity index (χ3n) is 2.28. The summed E-state index contributed by atoms with van der Waals surface area (Å²) in [6, 6.07) is 5.42. The Bertz CT molecular complexity index is 604. The molecule has 0 atom stereocenters. The van der Waals surface area contributed by atoms with Gasteiger partial charge in [0.05, 0.1) is 10.6 Å². The van der Waals surface area contributed by atoms with Crippen molar-refractivity contribution in [1.29, 1.82) is 0 Å². The minimum Gasteiger partial charge on any atom is -0.398 e. The van der Waals surface area contributed by atoms with Gasteiger partial charge in [-0.25, -0.2) is 4.39 Å². The van der Waals surface area contributed by atoms with E-state index in [9.17, 15) is 9.18 Å². The van der Waals surface area contributed by atoms with Gasteiger partial charge in [-0.15, -0.1) is 0 Å². The van der Waals surface area contributed by atoms with Gasteiger partial charge < -0.3 is 11.1 Å². The Hall–Kier alpha value is -2.14. The lowest BCUT2D eigenvalue weighted by atomic mass is 10.2. The van der Waals surface area contributed by atoms with Gasteiger partial charge in [0.1, 0.15) is 5.82 Å². The summed E-state index contributed by atoms with van der Waals surface area (Å²) in [7, 11) is 0. The Morgan fingerprint density at radius 2 is 2.17 bits per heavy atom. The standard InChI is InChI=1S/C12H9ClFN3O/c13-9-5-7(1-2-10(9)14)17-12(18)8-6-16-4-3-11(8)15/h1-6H,(H2,15,16)(H,17,18). The Morgan fingerprint density at radius 3 is 2.83 bits per heavy atom. The van der Waals surface area contributed by atoms with Crippen molar-refractivity contribution >= 4 is 28.9 Å². The van der Waals surface area contributed by atoms with Crippen LogP contribution in [0.15, 0.2) is 36.7 Å². The number of nitrogens with two attached hydrogens (primary N) is 1. The van der Waals surface area contributed by atoms with Crippen molar-refractivity contribution < 1.29 is 9.18 Å². The van der Waals surface area contributed by atoms with Crippen molar-refractivity contribution in [1.82, 2.24) is 4.98 Å². The van der Waals surface area contributed by atoms with Gasteiger partial charge in [-0.2, -0.15) is 0 Å². The Balaban J connectivity index is 2.22. The smallest absolute Gasteiger partial charge is 0.259 e. The zero-order valence-corrected chi connectivity index (χ0v) is 9.91. The van der Waals surface area contributed by atoms with E-state index in [0.717, 1.165) is 0 Å². The number of anilines is 2. The molecule has 92 valence electrons. The van der Waals surface area contributed by atoms with E-state index in [2.05, 4.69) is 10.3 Å². The maximum atomic E-state index is 12.9. The topological polar surface area (TPSA) is 68.0 Å². The maximum absolute atomic E-state index is 12.9. The number of nitrogen functional groups attached to an aromatic ring is 1. The van der Waals surface area contributed by atoms with Crippen LogP contribution in [-0.2, 0) is 0 Å². The summed E-state index contributed by atoms with van der Waals surface area (Å²) in [4.78, 5) is 15.7. The van der Waals surface area contributed by atoms with Crippen molar-refractivity contribution in [2.45, 2.75) is 0 Å². The number of aromatic nitrogens is 1. The number of nitrogens with zero attached hydrogens (tertiary/aromatic N) is 1. The molecule has 0 saturated heterocycles. The SMILES string of the molecule is Nc1ccncc1C(=O)Nc1ccc(F)c(Cl)c1. The monoisotopic (exact) mass is 265 g/mol. The van der Waals surface area contributed by atoms with E-state index in [1.54, 1.807) is 0 Å². The highest BCUT2D eigenvalue weighted by Crippen LogP contribution is 2.20. The molecule has 2 rings (SSSR count). The van der Waals surface area contributed by atoms with E-state index in [4.69, 9.17) is 17.3 Å². The van der Waals surface area contributed by atoms with Crippen LogP contribution in [0.4, 0.5) is 15.8 Å². The fraction of sp³-hybridized carbons (Fsp3) is 0. The minimum absolute atomic E-state index is 0.0630. The molecule has 0 aliphatic rings. The molecule has 1 aromatic heterocycles. The van der Waals surface area contributed by atoms with Gasteiger partial charge in [0, 0.05) is 23.8 Å². The molecule has 6 heteroatoms. The number of hydrogen-bond acceptors (Lipinski definition) is 3. The molecule has 1 amide bonds. The molecule has 4 nitrogen and oxygen atoms in total. The van der Waals surface area contributed by atoms with Crippen LogP contribution in [0.5, 0.6) is 0 Å². The first-order valence-electron chi connectivity index (χ1n) is 5.04. The van der Waals surface area contributed by atoms with E-state index in [-0.39, 0.29) is 10.6 Å². The van der Waals surface area contributed by atoms with Crippen LogP contribution < -0.4 is 11.1 Å². The highest BCUT2D eigenvalue weighted by Gasteiger charge is 2.10. The second-order valence-corrected chi connectivity index (χ2v) is 3.95. The van der Waals surface area contributed by atoms with Crippen molar-refractivity contribution in [2.75, 3.05) is 11.1 Å². The number of halogens is 2. The molecule has 0 aliphatic carbocycles. The van der Waals surface area contributed by atoms with Crippen LogP contribution >= 0.6 is 11.6 Å². The van der Waals surface area contributed by atoms with Crippen LogP contribution in [0.25, 0.3) is 0 Å². The predicted octanol–water partition coefficient (Wildman–Crippen LogP) is 2.71. The number of carbonyl (C=O) groups excluding carboxylic acids is 1. The fourth-order valence-electron chi connectivity index (χ4n) is 1.37. The summed E-state index contributed by atoms with van der Waals surface area (Å²) >= 11 is 5.61. The van der Waals surface area contributed by atoms with Gasteiger partial charge in [-0.3, -0.25) is 9.78 Å². The molecule has 0 fully saturated rings. The molecule has 0 saturated carbocycles. The zero-order chi connectivity index (χ0) is 13.1. The number of rotatable bonds is 2. The first-order chi connectivity index (χ1) is 8.58.